The van der Waals surface area contributed by atoms with Crippen molar-refractivity contribution < 1.29 is 9.53 Å². The summed E-state index contributed by atoms with van der Waals surface area (Å²) in [7, 11) is 0. The van der Waals surface area contributed by atoms with E-state index in [4.69, 9.17) is 4.74 Å². The maximum Gasteiger partial charge on any atom is 0.276 e. The van der Waals surface area contributed by atoms with Crippen LogP contribution < -0.4 is 15.6 Å². The van der Waals surface area contributed by atoms with Crippen molar-refractivity contribution in [2.75, 3.05) is 5.32 Å². The smallest absolute Gasteiger partial charge is 0.276 e. The number of ether oxygens (including phenoxy) is 1. The van der Waals surface area contributed by atoms with Gasteiger partial charge in [0, 0.05) is 12.1 Å². The highest BCUT2D eigenvalue weighted by molar-refractivity contribution is 6.02. The van der Waals surface area contributed by atoms with Crippen LogP contribution in [-0.4, -0.2) is 21.1 Å². The van der Waals surface area contributed by atoms with Gasteiger partial charge in [0.15, 0.2) is 0 Å². The number of aromatic nitrogens is 3. The maximum absolute atomic E-state index is 12.0. The first-order valence-corrected chi connectivity index (χ1v) is 7.20. The number of carbonyl (C=O) groups excluding carboxylic acids is 1. The minimum atomic E-state index is -0.439. The van der Waals surface area contributed by atoms with Crippen molar-refractivity contribution in [2.45, 2.75) is 6.61 Å². The number of rotatable bonds is 5. The molecule has 1 aromatic carbocycles. The molecule has 0 aliphatic rings. The zero-order chi connectivity index (χ0) is 16.8. The predicted molar refractivity (Wildman–Crippen MR) is 87.8 cm³/mol. The van der Waals surface area contributed by atoms with Gasteiger partial charge in [-0.1, -0.05) is 30.3 Å². The van der Waals surface area contributed by atoms with Gasteiger partial charge >= 0.3 is 0 Å². The van der Waals surface area contributed by atoms with Crippen LogP contribution in [-0.2, 0) is 6.61 Å². The number of anilines is 1. The molecule has 24 heavy (non-hydrogen) atoms. The number of carbonyl (C=O) groups is 1. The Balaban J connectivity index is 1.59. The van der Waals surface area contributed by atoms with E-state index in [9.17, 15) is 9.59 Å². The summed E-state index contributed by atoms with van der Waals surface area (Å²) in [5, 5.41) is 8.50. The van der Waals surface area contributed by atoms with Gasteiger partial charge in [-0.05, 0) is 17.7 Å². The molecule has 0 fully saturated rings. The second-order valence-corrected chi connectivity index (χ2v) is 4.92. The summed E-state index contributed by atoms with van der Waals surface area (Å²) in [5.41, 5.74) is 1.29. The lowest BCUT2D eigenvalue weighted by Crippen LogP contribution is -2.17. The van der Waals surface area contributed by atoms with Crippen LogP contribution in [0.2, 0.25) is 0 Å². The quantitative estimate of drug-likeness (QED) is 0.749. The van der Waals surface area contributed by atoms with E-state index in [1.165, 1.54) is 18.3 Å². The third-order valence-electron chi connectivity index (χ3n) is 3.14. The van der Waals surface area contributed by atoms with Crippen molar-refractivity contribution in [1.82, 2.24) is 15.2 Å². The van der Waals surface area contributed by atoms with Gasteiger partial charge in [0.2, 0.25) is 5.88 Å². The SMILES string of the molecule is O=C(Nc1ccc(OCc2ccccc2)nc1)c1ccc(=O)[nH]n1. The first kappa shape index (κ1) is 15.4. The molecule has 2 aromatic heterocycles. The van der Waals surface area contributed by atoms with Gasteiger partial charge in [0.05, 0.1) is 11.9 Å². The van der Waals surface area contributed by atoms with Crippen LogP contribution in [0.1, 0.15) is 16.1 Å². The predicted octanol–water partition coefficient (Wildman–Crippen LogP) is 2.00. The van der Waals surface area contributed by atoms with Crippen LogP contribution in [0.25, 0.3) is 0 Å². The van der Waals surface area contributed by atoms with Crippen molar-refractivity contribution >= 4 is 11.6 Å². The average Bonchev–Trinajstić information content (AvgIpc) is 2.62. The second kappa shape index (κ2) is 7.19. The number of pyridine rings is 1. The molecule has 2 N–H and O–H groups in total. The van der Waals surface area contributed by atoms with Crippen molar-refractivity contribution in [3.63, 3.8) is 0 Å². The number of hydrogen-bond donors (Lipinski definition) is 2. The monoisotopic (exact) mass is 322 g/mol. The molecule has 0 unspecified atom stereocenters. The first-order valence-electron chi connectivity index (χ1n) is 7.20. The third kappa shape index (κ3) is 4.04. The zero-order valence-electron chi connectivity index (χ0n) is 12.6. The Morgan fingerprint density at radius 1 is 1.08 bits per heavy atom. The lowest BCUT2D eigenvalue weighted by molar-refractivity contribution is 0.102. The average molecular weight is 322 g/mol. The minimum absolute atomic E-state index is 0.110. The largest absolute Gasteiger partial charge is 0.473 e. The fourth-order valence-electron chi connectivity index (χ4n) is 1.94. The van der Waals surface area contributed by atoms with Crippen LogP contribution >= 0.6 is 0 Å². The number of aromatic amines is 1. The van der Waals surface area contributed by atoms with Crippen molar-refractivity contribution in [2.24, 2.45) is 0 Å². The second-order valence-electron chi connectivity index (χ2n) is 4.92. The molecule has 0 aliphatic heterocycles. The summed E-state index contributed by atoms with van der Waals surface area (Å²) in [6.45, 7) is 0.418. The number of benzene rings is 1. The van der Waals surface area contributed by atoms with Crippen LogP contribution in [0.4, 0.5) is 5.69 Å². The van der Waals surface area contributed by atoms with Gasteiger partial charge < -0.3 is 10.1 Å². The molecule has 0 atom stereocenters. The highest BCUT2D eigenvalue weighted by Gasteiger charge is 2.08. The Bertz CT molecular complexity index is 856. The van der Waals surface area contributed by atoms with E-state index in [0.29, 0.717) is 18.2 Å². The molecule has 0 spiro atoms. The molecular formula is C17H14N4O3. The molecule has 7 nitrogen and oxygen atoms in total. The Morgan fingerprint density at radius 2 is 1.92 bits per heavy atom. The Labute approximate surface area is 137 Å². The Kier molecular flexibility index (Phi) is 4.62. The fraction of sp³-hybridized carbons (Fsp3) is 0.0588. The van der Waals surface area contributed by atoms with Gasteiger partial charge in [-0.3, -0.25) is 9.59 Å². The maximum atomic E-state index is 12.0. The number of H-pyrrole nitrogens is 1. The summed E-state index contributed by atoms with van der Waals surface area (Å²) >= 11 is 0. The highest BCUT2D eigenvalue weighted by atomic mass is 16.5. The fourth-order valence-corrected chi connectivity index (χ4v) is 1.94. The summed E-state index contributed by atoms with van der Waals surface area (Å²) in [5.74, 6) is 0.0185. The molecule has 1 amide bonds. The number of nitrogens with zero attached hydrogens (tertiary/aromatic N) is 2. The molecular weight excluding hydrogens is 308 g/mol. The molecule has 0 saturated heterocycles. The molecule has 0 bridgehead atoms. The van der Waals surface area contributed by atoms with Gasteiger partial charge in [-0.2, -0.15) is 5.10 Å². The van der Waals surface area contributed by atoms with Crippen molar-refractivity contribution in [3.05, 3.63) is 82.4 Å². The summed E-state index contributed by atoms with van der Waals surface area (Å²) < 4.78 is 5.57. The molecule has 0 aliphatic carbocycles. The number of nitrogens with one attached hydrogen (secondary N) is 2. The van der Waals surface area contributed by atoms with E-state index in [1.54, 1.807) is 12.1 Å². The Morgan fingerprint density at radius 3 is 2.58 bits per heavy atom. The van der Waals surface area contributed by atoms with Crippen LogP contribution in [0.3, 0.4) is 0 Å². The van der Waals surface area contributed by atoms with E-state index >= 15 is 0 Å². The standard InChI is InChI=1S/C17H14N4O3/c22-15-8-7-14(20-21-15)17(23)19-13-6-9-16(18-10-13)24-11-12-4-2-1-3-5-12/h1-10H,11H2,(H,19,23)(H,21,22). The normalized spacial score (nSPS) is 10.2. The molecule has 3 aromatic rings. The van der Waals surface area contributed by atoms with Gasteiger partial charge in [-0.15, -0.1) is 0 Å². The number of amides is 1. The van der Waals surface area contributed by atoms with E-state index in [-0.39, 0.29) is 11.3 Å². The minimum Gasteiger partial charge on any atom is -0.473 e. The van der Waals surface area contributed by atoms with Gasteiger partial charge in [-0.25, -0.2) is 10.1 Å². The van der Waals surface area contributed by atoms with Crippen LogP contribution in [0.5, 0.6) is 5.88 Å². The molecule has 3 rings (SSSR count). The molecule has 0 radical (unpaired) electrons. The van der Waals surface area contributed by atoms with E-state index in [2.05, 4.69) is 20.5 Å². The van der Waals surface area contributed by atoms with Gasteiger partial charge in [0.25, 0.3) is 11.5 Å². The van der Waals surface area contributed by atoms with E-state index in [0.717, 1.165) is 5.56 Å². The summed E-state index contributed by atoms with van der Waals surface area (Å²) in [6, 6.07) is 15.7. The number of hydrogen-bond acceptors (Lipinski definition) is 5. The zero-order valence-corrected chi connectivity index (χ0v) is 12.6. The van der Waals surface area contributed by atoms with Crippen molar-refractivity contribution in [3.8, 4) is 5.88 Å². The molecule has 7 heteroatoms. The van der Waals surface area contributed by atoms with Crippen LogP contribution in [0, 0.1) is 0 Å². The first-order chi connectivity index (χ1) is 11.7. The third-order valence-corrected chi connectivity index (χ3v) is 3.14. The molecule has 120 valence electrons. The van der Waals surface area contributed by atoms with E-state index < -0.39 is 5.91 Å². The highest BCUT2D eigenvalue weighted by Crippen LogP contribution is 2.14. The van der Waals surface area contributed by atoms with E-state index in [1.807, 2.05) is 30.3 Å². The molecule has 2 heterocycles. The van der Waals surface area contributed by atoms with Crippen molar-refractivity contribution in [1.29, 1.82) is 0 Å². The topological polar surface area (TPSA) is 97.0 Å². The summed E-state index contributed by atoms with van der Waals surface area (Å²) in [4.78, 5) is 27.0. The van der Waals surface area contributed by atoms with Gasteiger partial charge in [0.1, 0.15) is 12.3 Å². The Hall–Kier alpha value is -3.48. The lowest BCUT2D eigenvalue weighted by atomic mass is 10.2. The summed E-state index contributed by atoms with van der Waals surface area (Å²) in [6.07, 6.45) is 1.49. The lowest BCUT2D eigenvalue weighted by Gasteiger charge is -2.07. The van der Waals surface area contributed by atoms with Crippen LogP contribution in [0.15, 0.2) is 65.6 Å². The molecule has 0 saturated carbocycles.